The minimum absolute atomic E-state index is 0.327. The second-order valence-electron chi connectivity index (χ2n) is 2.35. The van der Waals surface area contributed by atoms with Gasteiger partial charge in [0.2, 0.25) is 0 Å². The third kappa shape index (κ3) is 3.18. The number of ketones is 1. The van der Waals surface area contributed by atoms with Crippen molar-refractivity contribution in [1.82, 2.24) is 0 Å². The van der Waals surface area contributed by atoms with Crippen molar-refractivity contribution in [1.29, 1.82) is 0 Å². The predicted molar refractivity (Wildman–Crippen MR) is 55.3 cm³/mol. The average molecular weight is 247 g/mol. The van der Waals surface area contributed by atoms with Crippen molar-refractivity contribution in [3.05, 3.63) is 21.5 Å². The molecule has 0 N–H and O–H groups in total. The standard InChI is InChI=1S/C9H12OSSe/c1-2-11-6-5-8(10)9-4-3-7-12-9/h3-4,7H,2,5-6H2,1H3. The molecule has 1 nitrogen and oxygen atoms in total. The number of hydrogen-bond acceptors (Lipinski definition) is 2. The molecule has 0 saturated heterocycles. The molecule has 1 aromatic heterocycles. The van der Waals surface area contributed by atoms with Crippen LogP contribution in [0, 0.1) is 0 Å². The topological polar surface area (TPSA) is 17.1 Å². The van der Waals surface area contributed by atoms with Crippen LogP contribution in [0.3, 0.4) is 0 Å². The molecule has 12 heavy (non-hydrogen) atoms. The molecule has 0 aliphatic heterocycles. The Morgan fingerprint density at radius 1 is 1.67 bits per heavy atom. The molecule has 0 fully saturated rings. The molecular weight excluding hydrogens is 235 g/mol. The average Bonchev–Trinajstić information content (AvgIpc) is 2.56. The Morgan fingerprint density at radius 2 is 2.50 bits per heavy atom. The summed E-state index contributed by atoms with van der Waals surface area (Å²) in [6.45, 7) is 2.12. The predicted octanol–water partition coefficient (Wildman–Crippen LogP) is 2.07. The first-order valence-electron chi connectivity index (χ1n) is 3.99. The molecule has 1 rings (SSSR count). The van der Waals surface area contributed by atoms with E-state index in [1.807, 2.05) is 23.9 Å². The van der Waals surface area contributed by atoms with Crippen LogP contribution in [0.1, 0.15) is 22.6 Å². The van der Waals surface area contributed by atoms with E-state index in [-0.39, 0.29) is 0 Å². The summed E-state index contributed by atoms with van der Waals surface area (Å²) in [6.07, 6.45) is 0.716. The first-order valence-corrected chi connectivity index (χ1v) is 6.99. The molecular formula is C9H12OSSe. The van der Waals surface area contributed by atoms with Gasteiger partial charge >= 0.3 is 83.2 Å². The van der Waals surface area contributed by atoms with Crippen molar-refractivity contribution < 1.29 is 4.79 Å². The zero-order valence-corrected chi connectivity index (χ0v) is 9.61. The van der Waals surface area contributed by atoms with Crippen LogP contribution in [-0.2, 0) is 0 Å². The number of Topliss-reactive ketones (excluding diaryl/α,β-unsaturated/α-hetero) is 1. The fraction of sp³-hybridized carbons (Fsp3) is 0.444. The van der Waals surface area contributed by atoms with Gasteiger partial charge in [-0.25, -0.2) is 0 Å². The summed E-state index contributed by atoms with van der Waals surface area (Å²) >= 11 is 2.16. The molecule has 0 aliphatic carbocycles. The quantitative estimate of drug-likeness (QED) is 0.450. The Kier molecular flexibility index (Phi) is 4.74. The van der Waals surface area contributed by atoms with Crippen LogP contribution in [0.25, 0.3) is 0 Å². The summed E-state index contributed by atoms with van der Waals surface area (Å²) in [5.41, 5.74) is 0. The van der Waals surface area contributed by atoms with Gasteiger partial charge in [-0.05, 0) is 0 Å². The molecule has 1 aromatic rings. The van der Waals surface area contributed by atoms with Gasteiger partial charge in [0.05, 0.1) is 0 Å². The van der Waals surface area contributed by atoms with E-state index in [1.54, 1.807) is 0 Å². The molecule has 0 bridgehead atoms. The normalized spacial score (nSPS) is 10.1. The maximum atomic E-state index is 11.4. The van der Waals surface area contributed by atoms with Crippen LogP contribution in [0.5, 0.6) is 0 Å². The minimum atomic E-state index is 0.327. The third-order valence-corrected chi connectivity index (χ3v) is 4.29. The fourth-order valence-electron chi connectivity index (χ4n) is 0.870. The number of rotatable bonds is 5. The Balaban J connectivity index is 2.30. The Labute approximate surface area is 83.3 Å². The molecule has 3 heteroatoms. The molecule has 0 amide bonds. The van der Waals surface area contributed by atoms with Gasteiger partial charge in [0.15, 0.2) is 0 Å². The molecule has 0 aromatic carbocycles. The van der Waals surface area contributed by atoms with Gasteiger partial charge in [0.1, 0.15) is 0 Å². The Bertz CT molecular complexity index is 231. The fourth-order valence-corrected chi connectivity index (χ4v) is 2.94. The van der Waals surface area contributed by atoms with Crippen molar-refractivity contribution in [2.45, 2.75) is 13.3 Å². The van der Waals surface area contributed by atoms with Gasteiger partial charge in [0, 0.05) is 0 Å². The first kappa shape index (κ1) is 10.1. The molecule has 0 saturated carbocycles. The Morgan fingerprint density at radius 3 is 3.08 bits per heavy atom. The molecule has 0 radical (unpaired) electrons. The van der Waals surface area contributed by atoms with Crippen LogP contribution in [0.15, 0.2) is 17.1 Å². The van der Waals surface area contributed by atoms with E-state index in [1.165, 1.54) is 0 Å². The van der Waals surface area contributed by atoms with E-state index in [0.29, 0.717) is 26.7 Å². The van der Waals surface area contributed by atoms with E-state index >= 15 is 0 Å². The summed E-state index contributed by atoms with van der Waals surface area (Å²) in [4.78, 5) is 13.5. The van der Waals surface area contributed by atoms with Crippen LogP contribution in [0.2, 0.25) is 0 Å². The van der Waals surface area contributed by atoms with Gasteiger partial charge in [-0.1, -0.05) is 0 Å². The molecule has 0 unspecified atom stereocenters. The molecule has 1 heterocycles. The number of thioether (sulfide) groups is 1. The summed E-state index contributed by atoms with van der Waals surface area (Å²) in [6, 6.07) is 3.94. The number of carbonyl (C=O) groups is 1. The van der Waals surface area contributed by atoms with Crippen molar-refractivity contribution in [2.75, 3.05) is 11.5 Å². The SMILES string of the molecule is CCSCCC(=O)c1ccc[se]1. The molecule has 0 spiro atoms. The van der Waals surface area contributed by atoms with E-state index in [2.05, 4.69) is 11.9 Å². The van der Waals surface area contributed by atoms with Crippen molar-refractivity contribution in [3.8, 4) is 0 Å². The maximum absolute atomic E-state index is 11.4. The van der Waals surface area contributed by atoms with Crippen LogP contribution in [0.4, 0.5) is 0 Å². The molecule has 66 valence electrons. The van der Waals surface area contributed by atoms with E-state index < -0.39 is 0 Å². The summed E-state index contributed by atoms with van der Waals surface area (Å²) in [5, 5.41) is 0. The van der Waals surface area contributed by atoms with E-state index in [9.17, 15) is 4.79 Å². The third-order valence-electron chi connectivity index (χ3n) is 1.47. The van der Waals surface area contributed by atoms with Crippen LogP contribution >= 0.6 is 11.8 Å². The van der Waals surface area contributed by atoms with Gasteiger partial charge in [-0.3, -0.25) is 0 Å². The van der Waals surface area contributed by atoms with Gasteiger partial charge in [-0.2, -0.15) is 0 Å². The van der Waals surface area contributed by atoms with Crippen molar-refractivity contribution in [3.63, 3.8) is 0 Å². The first-order chi connectivity index (χ1) is 5.84. The van der Waals surface area contributed by atoms with E-state index in [4.69, 9.17) is 0 Å². The summed E-state index contributed by atoms with van der Waals surface area (Å²) in [5.74, 6) is 2.43. The van der Waals surface area contributed by atoms with Crippen LogP contribution < -0.4 is 0 Å². The van der Waals surface area contributed by atoms with Gasteiger partial charge in [0.25, 0.3) is 0 Å². The number of hydrogen-bond donors (Lipinski definition) is 0. The number of carbonyl (C=O) groups excluding carboxylic acids is 1. The Hall–Kier alpha value is 0.0195. The second kappa shape index (κ2) is 5.63. The molecule has 0 aliphatic rings. The monoisotopic (exact) mass is 248 g/mol. The summed E-state index contributed by atoms with van der Waals surface area (Å²) in [7, 11) is 0. The molecule has 0 atom stereocenters. The van der Waals surface area contributed by atoms with Gasteiger partial charge < -0.3 is 0 Å². The van der Waals surface area contributed by atoms with Crippen LogP contribution in [-0.4, -0.2) is 31.8 Å². The van der Waals surface area contributed by atoms with E-state index in [0.717, 1.165) is 15.9 Å². The zero-order valence-electron chi connectivity index (χ0n) is 7.08. The second-order valence-corrected chi connectivity index (χ2v) is 5.73. The van der Waals surface area contributed by atoms with Gasteiger partial charge in [-0.15, -0.1) is 0 Å². The van der Waals surface area contributed by atoms with Crippen molar-refractivity contribution in [2.24, 2.45) is 0 Å². The summed E-state index contributed by atoms with van der Waals surface area (Å²) < 4.78 is 1.04. The zero-order chi connectivity index (χ0) is 8.81. The van der Waals surface area contributed by atoms with Crippen molar-refractivity contribution >= 4 is 32.0 Å².